The number of nitrogens with zero attached hydrogens (tertiary/aromatic N) is 2. The molecule has 0 radical (unpaired) electrons. The van der Waals surface area contributed by atoms with Crippen molar-refractivity contribution in [2.45, 2.75) is 27.7 Å². The van der Waals surface area contributed by atoms with Crippen molar-refractivity contribution >= 4 is 23.2 Å². The molecule has 0 spiro atoms. The number of carbonyl (C=O) groups excluding carboxylic acids is 1. The highest BCUT2D eigenvalue weighted by molar-refractivity contribution is 6.03. The highest BCUT2D eigenvalue weighted by Gasteiger charge is 2.11. The molecule has 0 saturated carbocycles. The zero-order valence-electron chi connectivity index (χ0n) is 15.4. The third-order valence-corrected chi connectivity index (χ3v) is 4.37. The summed E-state index contributed by atoms with van der Waals surface area (Å²) in [5.41, 5.74) is 6.50. The first-order chi connectivity index (χ1) is 12.4. The van der Waals surface area contributed by atoms with E-state index in [4.69, 9.17) is 0 Å². The van der Waals surface area contributed by atoms with E-state index in [0.29, 0.717) is 11.6 Å². The first-order valence-electron chi connectivity index (χ1n) is 8.49. The van der Waals surface area contributed by atoms with Crippen LogP contribution in [-0.2, 0) is 0 Å². The van der Waals surface area contributed by atoms with Crippen molar-refractivity contribution < 1.29 is 4.79 Å². The average molecular weight is 346 g/mol. The first-order valence-corrected chi connectivity index (χ1v) is 8.49. The fourth-order valence-electron chi connectivity index (χ4n) is 2.69. The molecular weight excluding hydrogens is 324 g/mol. The van der Waals surface area contributed by atoms with Gasteiger partial charge in [0.15, 0.2) is 0 Å². The van der Waals surface area contributed by atoms with E-state index in [1.165, 1.54) is 5.56 Å². The summed E-state index contributed by atoms with van der Waals surface area (Å²) in [6, 6.07) is 13.5. The molecule has 132 valence electrons. The van der Waals surface area contributed by atoms with Gasteiger partial charge in [0.2, 0.25) is 5.95 Å². The van der Waals surface area contributed by atoms with Crippen molar-refractivity contribution in [3.63, 3.8) is 0 Å². The van der Waals surface area contributed by atoms with Gasteiger partial charge in [-0.1, -0.05) is 29.8 Å². The fraction of sp³-hybridized carbons (Fsp3) is 0.190. The van der Waals surface area contributed by atoms with E-state index >= 15 is 0 Å². The molecular formula is C21H22N4O. The first kappa shape index (κ1) is 17.6. The van der Waals surface area contributed by atoms with Crippen molar-refractivity contribution in [3.8, 4) is 0 Å². The second-order valence-electron chi connectivity index (χ2n) is 6.41. The average Bonchev–Trinajstić information content (AvgIpc) is 2.61. The molecule has 1 amide bonds. The van der Waals surface area contributed by atoms with Crippen LogP contribution in [0, 0.1) is 27.7 Å². The number of amides is 1. The third kappa shape index (κ3) is 3.88. The maximum atomic E-state index is 12.5. The van der Waals surface area contributed by atoms with Crippen molar-refractivity contribution in [1.29, 1.82) is 0 Å². The lowest BCUT2D eigenvalue weighted by atomic mass is 10.1. The van der Waals surface area contributed by atoms with E-state index in [0.717, 1.165) is 28.1 Å². The normalized spacial score (nSPS) is 10.5. The van der Waals surface area contributed by atoms with Crippen LogP contribution >= 0.6 is 0 Å². The minimum absolute atomic E-state index is 0.261. The molecule has 0 aliphatic carbocycles. The summed E-state index contributed by atoms with van der Waals surface area (Å²) < 4.78 is 0. The number of hydrogen-bond donors (Lipinski definition) is 2. The Morgan fingerprint density at radius 2 is 1.73 bits per heavy atom. The van der Waals surface area contributed by atoms with E-state index in [1.807, 2.05) is 51.1 Å². The summed E-state index contributed by atoms with van der Waals surface area (Å²) in [7, 11) is 0. The Morgan fingerprint density at radius 1 is 0.923 bits per heavy atom. The van der Waals surface area contributed by atoms with Crippen molar-refractivity contribution in [3.05, 3.63) is 76.6 Å². The highest BCUT2D eigenvalue weighted by Crippen LogP contribution is 2.21. The number of aromatic nitrogens is 2. The molecule has 5 nitrogen and oxygen atoms in total. The molecule has 5 heteroatoms. The van der Waals surface area contributed by atoms with Crippen LogP contribution in [0.3, 0.4) is 0 Å². The van der Waals surface area contributed by atoms with Gasteiger partial charge in [-0.05, 0) is 62.6 Å². The van der Waals surface area contributed by atoms with E-state index in [2.05, 4.69) is 33.6 Å². The van der Waals surface area contributed by atoms with Crippen LogP contribution in [0.25, 0.3) is 0 Å². The summed E-state index contributed by atoms with van der Waals surface area (Å²) in [6.45, 7) is 8.08. The molecule has 0 aliphatic rings. The van der Waals surface area contributed by atoms with Crippen LogP contribution in [-0.4, -0.2) is 15.9 Å². The molecule has 0 atom stereocenters. The highest BCUT2D eigenvalue weighted by atomic mass is 16.1. The standard InChI is InChI=1S/C21H22N4O/c1-13-8-9-17(15(3)12-13)23-20(26)19-10-11-22-21(25-19)24-18-7-5-6-14(2)16(18)4/h5-12H,1-4H3,(H,23,26)(H,22,24,25). The number of rotatable bonds is 4. The number of nitrogens with one attached hydrogen (secondary N) is 2. The maximum absolute atomic E-state index is 12.5. The van der Waals surface area contributed by atoms with Gasteiger partial charge in [-0.25, -0.2) is 9.97 Å². The zero-order chi connectivity index (χ0) is 18.7. The Balaban J connectivity index is 1.80. The van der Waals surface area contributed by atoms with Crippen molar-refractivity contribution in [2.75, 3.05) is 10.6 Å². The molecule has 0 unspecified atom stereocenters. The van der Waals surface area contributed by atoms with Gasteiger partial charge in [-0.3, -0.25) is 4.79 Å². The fourth-order valence-corrected chi connectivity index (χ4v) is 2.69. The number of carbonyl (C=O) groups is 1. The lowest BCUT2D eigenvalue weighted by Gasteiger charge is -2.11. The van der Waals surface area contributed by atoms with E-state index in [-0.39, 0.29) is 5.91 Å². The van der Waals surface area contributed by atoms with Gasteiger partial charge in [0.05, 0.1) is 0 Å². The topological polar surface area (TPSA) is 66.9 Å². The second-order valence-corrected chi connectivity index (χ2v) is 6.41. The van der Waals surface area contributed by atoms with Crippen molar-refractivity contribution in [2.24, 2.45) is 0 Å². The van der Waals surface area contributed by atoms with Crippen molar-refractivity contribution in [1.82, 2.24) is 9.97 Å². The van der Waals surface area contributed by atoms with Gasteiger partial charge in [-0.15, -0.1) is 0 Å². The van der Waals surface area contributed by atoms with Crippen LogP contribution in [0.1, 0.15) is 32.7 Å². The van der Waals surface area contributed by atoms with Crippen LogP contribution in [0.4, 0.5) is 17.3 Å². The van der Waals surface area contributed by atoms with E-state index in [1.54, 1.807) is 12.3 Å². The SMILES string of the molecule is Cc1ccc(NC(=O)c2ccnc(Nc3cccc(C)c3C)n2)c(C)c1. The second kappa shape index (κ2) is 7.35. The maximum Gasteiger partial charge on any atom is 0.274 e. The summed E-state index contributed by atoms with van der Waals surface area (Å²) >= 11 is 0. The minimum atomic E-state index is -0.261. The largest absolute Gasteiger partial charge is 0.324 e. The lowest BCUT2D eigenvalue weighted by molar-refractivity contribution is 0.102. The number of anilines is 3. The quantitative estimate of drug-likeness (QED) is 0.718. The Hall–Kier alpha value is -3.21. The van der Waals surface area contributed by atoms with Gasteiger partial charge in [0.25, 0.3) is 5.91 Å². The molecule has 2 N–H and O–H groups in total. The van der Waals surface area contributed by atoms with Gasteiger partial charge in [0.1, 0.15) is 5.69 Å². The van der Waals surface area contributed by atoms with Gasteiger partial charge in [0, 0.05) is 17.6 Å². The molecule has 0 saturated heterocycles. The number of hydrogen-bond acceptors (Lipinski definition) is 4. The third-order valence-electron chi connectivity index (χ3n) is 4.37. The Kier molecular flexibility index (Phi) is 4.98. The zero-order valence-corrected chi connectivity index (χ0v) is 15.4. The lowest BCUT2D eigenvalue weighted by Crippen LogP contribution is -2.15. The Labute approximate surface area is 153 Å². The molecule has 0 bridgehead atoms. The molecule has 0 fully saturated rings. The molecule has 2 aromatic carbocycles. The van der Waals surface area contributed by atoms with Crippen LogP contribution in [0.2, 0.25) is 0 Å². The van der Waals surface area contributed by atoms with Crippen LogP contribution in [0.15, 0.2) is 48.7 Å². The van der Waals surface area contributed by atoms with E-state index < -0.39 is 0 Å². The number of benzene rings is 2. The molecule has 3 rings (SSSR count). The molecule has 0 aliphatic heterocycles. The number of aryl methyl sites for hydroxylation is 3. The monoisotopic (exact) mass is 346 g/mol. The Bertz CT molecular complexity index is 966. The predicted molar refractivity (Wildman–Crippen MR) is 105 cm³/mol. The van der Waals surface area contributed by atoms with Gasteiger partial charge < -0.3 is 10.6 Å². The van der Waals surface area contributed by atoms with Crippen LogP contribution < -0.4 is 10.6 Å². The Morgan fingerprint density at radius 3 is 2.50 bits per heavy atom. The predicted octanol–water partition coefficient (Wildman–Crippen LogP) is 4.71. The van der Waals surface area contributed by atoms with Crippen LogP contribution in [0.5, 0.6) is 0 Å². The summed E-state index contributed by atoms with van der Waals surface area (Å²) in [6.07, 6.45) is 1.58. The molecule has 1 aromatic heterocycles. The smallest absolute Gasteiger partial charge is 0.274 e. The molecule has 1 heterocycles. The molecule has 3 aromatic rings. The summed E-state index contributed by atoms with van der Waals surface area (Å²) in [4.78, 5) is 21.1. The summed E-state index contributed by atoms with van der Waals surface area (Å²) in [5.74, 6) is 0.135. The minimum Gasteiger partial charge on any atom is -0.324 e. The summed E-state index contributed by atoms with van der Waals surface area (Å²) in [5, 5.41) is 6.10. The van der Waals surface area contributed by atoms with Gasteiger partial charge >= 0.3 is 0 Å². The van der Waals surface area contributed by atoms with E-state index in [9.17, 15) is 4.79 Å². The molecule has 26 heavy (non-hydrogen) atoms. The van der Waals surface area contributed by atoms with Gasteiger partial charge in [-0.2, -0.15) is 0 Å².